The Hall–Kier alpha value is -1.06. The van der Waals surface area contributed by atoms with E-state index in [-0.39, 0.29) is 0 Å². The Bertz CT molecular complexity index is 304. The van der Waals surface area contributed by atoms with E-state index in [2.05, 4.69) is 0 Å². The number of nitrogens with two attached hydrogens (primary N) is 1. The van der Waals surface area contributed by atoms with Crippen LogP contribution in [0.1, 0.15) is 25.5 Å². The summed E-state index contributed by atoms with van der Waals surface area (Å²) < 4.78 is 5.07. The Kier molecular flexibility index (Phi) is 3.13. The summed E-state index contributed by atoms with van der Waals surface area (Å²) in [6, 6.07) is 7.30. The van der Waals surface area contributed by atoms with Crippen LogP contribution < -0.4 is 10.5 Å². The van der Waals surface area contributed by atoms with Gasteiger partial charge in [0, 0.05) is 5.54 Å². The lowest BCUT2D eigenvalue weighted by molar-refractivity contribution is 0.104. The molecule has 0 fully saturated rings. The zero-order valence-electron chi connectivity index (χ0n) is 8.82. The van der Waals surface area contributed by atoms with Gasteiger partial charge in [-0.15, -0.1) is 0 Å². The maximum Gasteiger partial charge on any atom is 0.119 e. The minimum atomic E-state index is -0.683. The Labute approximate surface area is 84.5 Å². The second kappa shape index (κ2) is 3.98. The van der Waals surface area contributed by atoms with Gasteiger partial charge in [0.2, 0.25) is 0 Å². The van der Waals surface area contributed by atoms with Gasteiger partial charge in [-0.25, -0.2) is 0 Å². The van der Waals surface area contributed by atoms with Gasteiger partial charge in [0.05, 0.1) is 13.2 Å². The van der Waals surface area contributed by atoms with Crippen LogP contribution in [0.3, 0.4) is 0 Å². The molecule has 1 rings (SSSR count). The van der Waals surface area contributed by atoms with E-state index in [1.165, 1.54) is 0 Å². The molecule has 0 heterocycles. The van der Waals surface area contributed by atoms with Crippen LogP contribution in [0.5, 0.6) is 5.75 Å². The molecule has 3 N–H and O–H groups in total. The molecule has 0 spiro atoms. The van der Waals surface area contributed by atoms with Crippen molar-refractivity contribution in [2.75, 3.05) is 7.11 Å². The number of rotatable bonds is 3. The Morgan fingerprint density at radius 2 is 2.07 bits per heavy atom. The standard InChI is InChI=1S/C11H17NO2/c1-11(2,12)10(13)8-5-4-6-9(7-8)14-3/h4-7,10,13H,12H2,1-3H3. The summed E-state index contributed by atoms with van der Waals surface area (Å²) >= 11 is 0. The Balaban J connectivity index is 2.95. The van der Waals surface area contributed by atoms with Crippen molar-refractivity contribution < 1.29 is 9.84 Å². The highest BCUT2D eigenvalue weighted by Crippen LogP contribution is 2.25. The number of hydrogen-bond acceptors (Lipinski definition) is 3. The molecule has 78 valence electrons. The molecule has 14 heavy (non-hydrogen) atoms. The molecule has 0 aliphatic heterocycles. The fourth-order valence-corrected chi connectivity index (χ4v) is 1.24. The molecule has 3 heteroatoms. The molecule has 1 aromatic rings. The van der Waals surface area contributed by atoms with Crippen molar-refractivity contribution in [3.63, 3.8) is 0 Å². The first-order chi connectivity index (χ1) is 6.45. The summed E-state index contributed by atoms with van der Waals surface area (Å²) in [5, 5.41) is 9.90. The Morgan fingerprint density at radius 1 is 1.43 bits per heavy atom. The number of methoxy groups -OCH3 is 1. The predicted molar refractivity (Wildman–Crippen MR) is 56.2 cm³/mol. The molecule has 0 aliphatic rings. The van der Waals surface area contributed by atoms with Crippen molar-refractivity contribution in [1.29, 1.82) is 0 Å². The van der Waals surface area contributed by atoms with Crippen molar-refractivity contribution in [3.05, 3.63) is 29.8 Å². The van der Waals surface area contributed by atoms with Crippen LogP contribution in [0.4, 0.5) is 0 Å². The van der Waals surface area contributed by atoms with Crippen molar-refractivity contribution >= 4 is 0 Å². The molecule has 1 aromatic carbocycles. The lowest BCUT2D eigenvalue weighted by atomic mass is 9.92. The summed E-state index contributed by atoms with van der Waals surface area (Å²) in [6.07, 6.45) is -0.683. The Morgan fingerprint density at radius 3 is 2.57 bits per heavy atom. The molecule has 0 radical (unpaired) electrons. The number of aliphatic hydroxyl groups is 1. The minimum absolute atomic E-state index is 0.646. The van der Waals surface area contributed by atoms with Crippen molar-refractivity contribution in [2.24, 2.45) is 5.73 Å². The molecule has 0 saturated heterocycles. The summed E-state index contributed by atoms with van der Waals surface area (Å²) in [7, 11) is 1.60. The molecule has 1 atom stereocenters. The van der Waals surface area contributed by atoms with Crippen molar-refractivity contribution in [1.82, 2.24) is 0 Å². The summed E-state index contributed by atoms with van der Waals surface area (Å²) in [6.45, 7) is 3.58. The van der Waals surface area contributed by atoms with Gasteiger partial charge in [-0.05, 0) is 31.5 Å². The zero-order valence-corrected chi connectivity index (χ0v) is 8.82. The second-order valence-corrected chi connectivity index (χ2v) is 4.00. The van der Waals surface area contributed by atoms with Crippen LogP contribution >= 0.6 is 0 Å². The molecule has 0 saturated carbocycles. The second-order valence-electron chi connectivity index (χ2n) is 4.00. The number of hydrogen-bond donors (Lipinski definition) is 2. The normalized spacial score (nSPS) is 13.8. The topological polar surface area (TPSA) is 55.5 Å². The largest absolute Gasteiger partial charge is 0.497 e. The SMILES string of the molecule is COc1cccc(C(O)C(C)(C)N)c1. The maximum atomic E-state index is 9.90. The van der Waals surface area contributed by atoms with Gasteiger partial charge in [0.15, 0.2) is 0 Å². The molecule has 3 nitrogen and oxygen atoms in total. The van der Waals surface area contributed by atoms with Crippen LogP contribution in [0.25, 0.3) is 0 Å². The van der Waals surface area contributed by atoms with Crippen LogP contribution in [0.15, 0.2) is 24.3 Å². The highest BCUT2D eigenvalue weighted by atomic mass is 16.5. The van der Waals surface area contributed by atoms with E-state index in [0.717, 1.165) is 11.3 Å². The zero-order chi connectivity index (χ0) is 10.8. The van der Waals surface area contributed by atoms with Crippen molar-refractivity contribution in [3.8, 4) is 5.75 Å². The van der Waals surface area contributed by atoms with E-state index >= 15 is 0 Å². The average molecular weight is 195 g/mol. The van der Waals surface area contributed by atoms with E-state index < -0.39 is 11.6 Å². The first-order valence-corrected chi connectivity index (χ1v) is 4.56. The highest BCUT2D eigenvalue weighted by molar-refractivity contribution is 5.31. The molecule has 1 unspecified atom stereocenters. The van der Waals surface area contributed by atoms with E-state index in [0.29, 0.717) is 0 Å². The molecular formula is C11H17NO2. The first kappa shape index (κ1) is 11.0. The smallest absolute Gasteiger partial charge is 0.119 e. The van der Waals surface area contributed by atoms with Gasteiger partial charge in [0.25, 0.3) is 0 Å². The number of ether oxygens (including phenoxy) is 1. The molecule has 0 aromatic heterocycles. The predicted octanol–water partition coefficient (Wildman–Crippen LogP) is 1.47. The quantitative estimate of drug-likeness (QED) is 0.767. The van der Waals surface area contributed by atoms with Gasteiger partial charge >= 0.3 is 0 Å². The number of aliphatic hydroxyl groups excluding tert-OH is 1. The van der Waals surface area contributed by atoms with Gasteiger partial charge < -0.3 is 15.6 Å². The van der Waals surface area contributed by atoms with Crippen LogP contribution in [-0.2, 0) is 0 Å². The minimum Gasteiger partial charge on any atom is -0.497 e. The van der Waals surface area contributed by atoms with Crippen molar-refractivity contribution in [2.45, 2.75) is 25.5 Å². The van der Waals surface area contributed by atoms with Gasteiger partial charge in [-0.1, -0.05) is 12.1 Å². The monoisotopic (exact) mass is 195 g/mol. The lowest BCUT2D eigenvalue weighted by Gasteiger charge is -2.26. The maximum absolute atomic E-state index is 9.90. The third kappa shape index (κ3) is 2.47. The molecule has 0 aliphatic carbocycles. The molecule has 0 bridgehead atoms. The fourth-order valence-electron chi connectivity index (χ4n) is 1.24. The third-order valence-corrected chi connectivity index (χ3v) is 2.11. The first-order valence-electron chi connectivity index (χ1n) is 4.56. The van der Waals surface area contributed by atoms with Crippen LogP contribution in [0.2, 0.25) is 0 Å². The van der Waals surface area contributed by atoms with Crippen LogP contribution in [0, 0.1) is 0 Å². The van der Waals surface area contributed by atoms with E-state index in [1.54, 1.807) is 27.0 Å². The summed E-state index contributed by atoms with van der Waals surface area (Å²) in [5.41, 5.74) is 5.94. The van der Waals surface area contributed by atoms with E-state index in [1.807, 2.05) is 18.2 Å². The van der Waals surface area contributed by atoms with Gasteiger partial charge in [-0.3, -0.25) is 0 Å². The lowest BCUT2D eigenvalue weighted by Crippen LogP contribution is -2.39. The average Bonchev–Trinajstić information content (AvgIpc) is 2.15. The highest BCUT2D eigenvalue weighted by Gasteiger charge is 2.24. The van der Waals surface area contributed by atoms with Crippen LogP contribution in [-0.4, -0.2) is 17.8 Å². The molecular weight excluding hydrogens is 178 g/mol. The molecule has 0 amide bonds. The van der Waals surface area contributed by atoms with E-state index in [9.17, 15) is 5.11 Å². The fraction of sp³-hybridized carbons (Fsp3) is 0.455. The van der Waals surface area contributed by atoms with E-state index in [4.69, 9.17) is 10.5 Å². The summed E-state index contributed by atoms with van der Waals surface area (Å²) in [5.74, 6) is 0.728. The number of benzene rings is 1. The van der Waals surface area contributed by atoms with Gasteiger partial charge in [0.1, 0.15) is 5.75 Å². The third-order valence-electron chi connectivity index (χ3n) is 2.11. The summed E-state index contributed by atoms with van der Waals surface area (Å²) in [4.78, 5) is 0. The van der Waals surface area contributed by atoms with Gasteiger partial charge in [-0.2, -0.15) is 0 Å².